The van der Waals surface area contributed by atoms with Gasteiger partial charge in [-0.15, -0.1) is 0 Å². The fourth-order valence-electron chi connectivity index (χ4n) is 10.4. The molecule has 0 bridgehead atoms. The average molecular weight is 709 g/mol. The summed E-state index contributed by atoms with van der Waals surface area (Å²) in [4.78, 5) is 0. The molecule has 0 N–H and O–H groups in total. The van der Waals surface area contributed by atoms with Gasteiger partial charge in [-0.2, -0.15) is 0 Å². The molecule has 2 atom stereocenters. The molecule has 7 rings (SSSR count). The van der Waals surface area contributed by atoms with Crippen LogP contribution in [0.2, 0.25) is 8.26 Å². The molecule has 47 heavy (non-hydrogen) atoms. The average Bonchev–Trinajstić information content (AvgIpc) is 3.73. The third kappa shape index (κ3) is 5.37. The van der Waals surface area contributed by atoms with Gasteiger partial charge in [0.1, 0.15) is 0 Å². The van der Waals surface area contributed by atoms with Crippen LogP contribution in [-0.4, -0.2) is 5.92 Å². The fourth-order valence-corrected chi connectivity index (χ4v) is 66.7. The van der Waals surface area contributed by atoms with Crippen LogP contribution >= 0.6 is 0 Å². The van der Waals surface area contributed by atoms with Crippen molar-refractivity contribution in [2.75, 3.05) is 0 Å². The summed E-state index contributed by atoms with van der Waals surface area (Å²) in [5.74, 6) is -1.83. The van der Waals surface area contributed by atoms with Crippen molar-refractivity contribution in [1.82, 2.24) is 0 Å². The van der Waals surface area contributed by atoms with Crippen LogP contribution in [0.1, 0.15) is 76.0 Å². The third-order valence-corrected chi connectivity index (χ3v) is 57.4. The zero-order chi connectivity index (χ0) is 32.3. The Balaban J connectivity index is 1.64. The molecule has 0 aromatic heterocycles. The molecule has 0 radical (unpaired) electrons. The Hall–Kier alpha value is -3.32. The number of rotatable bonds is 12. The van der Waals surface area contributed by atoms with Gasteiger partial charge in [0.15, 0.2) is 0 Å². The van der Waals surface area contributed by atoms with Crippen molar-refractivity contribution < 1.29 is 17.9 Å². The molecule has 0 saturated heterocycles. The molecule has 5 aromatic rings. The van der Waals surface area contributed by atoms with Crippen LogP contribution in [0.4, 0.5) is 0 Å². The molecule has 2 unspecified atom stereocenters. The zero-order valence-corrected chi connectivity index (χ0v) is 32.0. The zero-order valence-electron chi connectivity index (χ0n) is 28.4. The van der Waals surface area contributed by atoms with Crippen LogP contribution < -0.4 is 10.4 Å². The summed E-state index contributed by atoms with van der Waals surface area (Å²) in [6.45, 7) is 7.38. The van der Waals surface area contributed by atoms with Crippen molar-refractivity contribution in [3.63, 3.8) is 0 Å². The summed E-state index contributed by atoms with van der Waals surface area (Å²) in [5, 5.41) is 3.32. The maximum atomic E-state index is 2.77. The summed E-state index contributed by atoms with van der Waals surface area (Å²) in [7, 11) is 0. The number of hydrogen-bond donors (Lipinski definition) is 0. The minimum atomic E-state index is -4.34. The molecule has 2 aliphatic carbocycles. The Morgan fingerprint density at radius 3 is 1.77 bits per heavy atom. The van der Waals surface area contributed by atoms with Crippen LogP contribution in [0.25, 0.3) is 23.3 Å². The molecule has 0 nitrogen and oxygen atoms in total. The Morgan fingerprint density at radius 2 is 1.15 bits per heavy atom. The first-order valence-electron chi connectivity index (χ1n) is 18.0. The van der Waals surface area contributed by atoms with Crippen molar-refractivity contribution in [3.8, 4) is 11.1 Å². The molecule has 0 heterocycles. The Labute approximate surface area is 285 Å². The third-order valence-electron chi connectivity index (χ3n) is 12.0. The van der Waals surface area contributed by atoms with Gasteiger partial charge >= 0.3 is 287 Å². The predicted octanol–water partition coefficient (Wildman–Crippen LogP) is 11.2. The van der Waals surface area contributed by atoms with Crippen LogP contribution in [-0.2, 0) is 17.9 Å². The van der Waals surface area contributed by atoms with Crippen LogP contribution in [0, 0.1) is 0 Å². The molecule has 5 aromatic carbocycles. The van der Waals surface area contributed by atoms with Crippen LogP contribution in [0.5, 0.6) is 0 Å². The molecule has 0 aliphatic heterocycles. The van der Waals surface area contributed by atoms with Gasteiger partial charge < -0.3 is 0 Å². The van der Waals surface area contributed by atoms with E-state index in [-0.39, 0.29) is 0 Å². The Bertz CT molecular complexity index is 1840. The molecule has 237 valence electrons. The van der Waals surface area contributed by atoms with Crippen molar-refractivity contribution in [3.05, 3.63) is 167 Å². The molecular weight excluding hydrogens is 660 g/mol. The van der Waals surface area contributed by atoms with E-state index >= 15 is 0 Å². The molecule has 2 aliphatic rings. The predicted molar refractivity (Wildman–Crippen MR) is 205 cm³/mol. The normalized spacial score (nSPS) is 17.6. The number of benzene rings is 5. The summed E-state index contributed by atoms with van der Waals surface area (Å²) >= 11 is -4.34. The minimum absolute atomic E-state index is 0.491. The molecule has 0 spiro atoms. The van der Waals surface area contributed by atoms with Crippen LogP contribution in [0.3, 0.4) is 0 Å². The van der Waals surface area contributed by atoms with Crippen LogP contribution in [0.15, 0.2) is 145 Å². The van der Waals surface area contributed by atoms with Gasteiger partial charge in [-0.3, -0.25) is 0 Å². The molecular formula is C45H49SiZr. The molecule has 0 amide bonds. The van der Waals surface area contributed by atoms with E-state index in [1.807, 2.05) is 0 Å². The van der Waals surface area contributed by atoms with E-state index in [2.05, 4.69) is 172 Å². The summed E-state index contributed by atoms with van der Waals surface area (Å²) in [6, 6.07) is 51.8. The molecule has 0 saturated carbocycles. The second-order valence-electron chi connectivity index (χ2n) is 14.4. The SMILES string of the molecule is CCC[CH2][Zr]([CH2]CCC)([CH]1C=Cc2c(-c3ccccc3)cccc21)([CH]1C(C)=Cc2ccccc21)[SiH](c1ccccc1)c1ccccc1. The van der Waals surface area contributed by atoms with Gasteiger partial charge in [0.25, 0.3) is 0 Å². The van der Waals surface area contributed by atoms with Crippen molar-refractivity contribution in [2.45, 2.75) is 62.0 Å². The Morgan fingerprint density at radius 1 is 0.596 bits per heavy atom. The molecule has 2 heteroatoms. The number of fused-ring (bicyclic) bond motifs is 2. The van der Waals surface area contributed by atoms with E-state index in [1.54, 1.807) is 27.1 Å². The first-order chi connectivity index (χ1) is 23.1. The van der Waals surface area contributed by atoms with E-state index in [1.165, 1.54) is 56.2 Å². The van der Waals surface area contributed by atoms with E-state index in [0.29, 0.717) is 7.25 Å². The number of unbranched alkanes of at least 4 members (excludes halogenated alkanes) is 2. The Kier molecular flexibility index (Phi) is 9.37. The van der Waals surface area contributed by atoms with Gasteiger partial charge in [0, 0.05) is 0 Å². The van der Waals surface area contributed by atoms with Gasteiger partial charge in [-0.25, -0.2) is 0 Å². The quantitative estimate of drug-likeness (QED) is 0.113. The monoisotopic (exact) mass is 707 g/mol. The maximum absolute atomic E-state index is 4.34. The van der Waals surface area contributed by atoms with Gasteiger partial charge in [0.05, 0.1) is 0 Å². The topological polar surface area (TPSA) is 0 Å². The summed E-state index contributed by atoms with van der Waals surface area (Å²) in [6.07, 6.45) is 13.0. The summed E-state index contributed by atoms with van der Waals surface area (Å²) in [5.41, 5.74) is 10.5. The standard InChI is InChI=1S/C15H11.C12H11Si.C10H9.2C4H9.Zr/c1-2-6-12(7-3-1)14-10-4-8-13-9-5-11-15(13)14;1-3-7-11(8-4-1)13-12-9-5-2-6-10-12;1-8-6-9-4-2-3-5-10(9)7-8;2*1-3-4-2;/h1-11H;1-10,13H;2-7H,1H3;2*1,3-4H2,2H3;. The summed E-state index contributed by atoms with van der Waals surface area (Å²) < 4.78 is 3.84. The number of allylic oxidation sites excluding steroid dienone is 2. The van der Waals surface area contributed by atoms with Crippen molar-refractivity contribution in [1.29, 1.82) is 0 Å². The van der Waals surface area contributed by atoms with Gasteiger partial charge in [-0.05, 0) is 0 Å². The second kappa shape index (κ2) is 13.7. The van der Waals surface area contributed by atoms with E-state index in [0.717, 1.165) is 0 Å². The number of hydrogen-bond acceptors (Lipinski definition) is 0. The van der Waals surface area contributed by atoms with Crippen molar-refractivity contribution in [2.24, 2.45) is 0 Å². The van der Waals surface area contributed by atoms with E-state index in [9.17, 15) is 0 Å². The second-order valence-corrected chi connectivity index (χ2v) is 44.7. The molecule has 0 fully saturated rings. The van der Waals surface area contributed by atoms with E-state index in [4.69, 9.17) is 0 Å². The first kappa shape index (κ1) is 32.2. The van der Waals surface area contributed by atoms with Gasteiger partial charge in [0.2, 0.25) is 0 Å². The van der Waals surface area contributed by atoms with Crippen molar-refractivity contribution >= 4 is 28.4 Å². The first-order valence-corrected chi connectivity index (χ1v) is 30.3. The fraction of sp³-hybridized carbons (Fsp3) is 0.244. The van der Waals surface area contributed by atoms with E-state index < -0.39 is 23.9 Å². The van der Waals surface area contributed by atoms with Gasteiger partial charge in [-0.1, -0.05) is 0 Å².